The molecular formula is C15H16ClN3O. The number of halogens is 1. The van der Waals surface area contributed by atoms with Crippen molar-refractivity contribution in [3.8, 4) is 6.07 Å². The number of nitrogens with zero attached hydrogens (tertiary/aromatic N) is 2. The third-order valence-corrected chi connectivity index (χ3v) is 4.54. The van der Waals surface area contributed by atoms with Gasteiger partial charge in [0.2, 0.25) is 5.91 Å². The van der Waals surface area contributed by atoms with E-state index in [2.05, 4.69) is 16.3 Å². The van der Waals surface area contributed by atoms with Gasteiger partial charge in [0.1, 0.15) is 0 Å². The van der Waals surface area contributed by atoms with Crippen molar-refractivity contribution in [2.24, 2.45) is 5.92 Å². The maximum absolute atomic E-state index is 11.4. The molecule has 1 amide bonds. The molecule has 0 aromatic heterocycles. The summed E-state index contributed by atoms with van der Waals surface area (Å²) in [4.78, 5) is 13.7. The lowest BCUT2D eigenvalue weighted by Crippen LogP contribution is -2.54. The Hall–Kier alpha value is -1.73. The molecule has 2 atom stereocenters. The first-order valence-electron chi connectivity index (χ1n) is 6.91. The second-order valence-electron chi connectivity index (χ2n) is 5.49. The normalized spacial score (nSPS) is 25.6. The first kappa shape index (κ1) is 13.3. The van der Waals surface area contributed by atoms with E-state index in [1.807, 2.05) is 6.07 Å². The molecule has 20 heavy (non-hydrogen) atoms. The molecule has 0 aliphatic carbocycles. The summed E-state index contributed by atoms with van der Waals surface area (Å²) in [6.07, 6.45) is 2.52. The van der Waals surface area contributed by atoms with E-state index in [0.29, 0.717) is 29.0 Å². The molecule has 2 aliphatic rings. The second-order valence-corrected chi connectivity index (χ2v) is 5.89. The summed E-state index contributed by atoms with van der Waals surface area (Å²) in [5, 5.41) is 12.6. The van der Waals surface area contributed by atoms with Crippen molar-refractivity contribution in [3.63, 3.8) is 0 Å². The van der Waals surface area contributed by atoms with Crippen LogP contribution in [0.1, 0.15) is 24.8 Å². The van der Waals surface area contributed by atoms with Crippen LogP contribution in [0.25, 0.3) is 0 Å². The number of nitrogens with one attached hydrogen (secondary N) is 1. The summed E-state index contributed by atoms with van der Waals surface area (Å²) < 4.78 is 0. The second kappa shape index (κ2) is 5.34. The molecule has 1 aromatic carbocycles. The minimum Gasteiger partial charge on any atom is -0.370 e. The minimum atomic E-state index is 0.177. The summed E-state index contributed by atoms with van der Waals surface area (Å²) in [5.41, 5.74) is 1.57. The highest BCUT2D eigenvalue weighted by Crippen LogP contribution is 2.33. The summed E-state index contributed by atoms with van der Waals surface area (Å²) in [5.74, 6) is 0.671. The number of amides is 1. The summed E-state index contributed by atoms with van der Waals surface area (Å²) in [6, 6.07) is 7.84. The Bertz CT molecular complexity index is 581. The van der Waals surface area contributed by atoms with Gasteiger partial charge in [-0.15, -0.1) is 0 Å². The van der Waals surface area contributed by atoms with Crippen LogP contribution in [-0.4, -0.2) is 25.0 Å². The zero-order chi connectivity index (χ0) is 14.1. The van der Waals surface area contributed by atoms with Crippen molar-refractivity contribution < 1.29 is 4.79 Å². The van der Waals surface area contributed by atoms with E-state index in [4.69, 9.17) is 16.9 Å². The molecule has 1 N–H and O–H groups in total. The number of nitriles is 1. The lowest BCUT2D eigenvalue weighted by molar-refractivity contribution is -0.124. The first-order valence-corrected chi connectivity index (χ1v) is 7.29. The Balaban J connectivity index is 1.76. The van der Waals surface area contributed by atoms with Crippen molar-refractivity contribution in [2.45, 2.75) is 25.3 Å². The number of anilines is 1. The highest BCUT2D eigenvalue weighted by molar-refractivity contribution is 6.33. The third kappa shape index (κ3) is 2.46. The smallest absolute Gasteiger partial charge is 0.220 e. The summed E-state index contributed by atoms with van der Waals surface area (Å²) in [7, 11) is 0. The number of carbonyl (C=O) groups is 1. The Labute approximate surface area is 123 Å². The van der Waals surface area contributed by atoms with Crippen LogP contribution in [0.15, 0.2) is 18.2 Å². The lowest BCUT2D eigenvalue weighted by atomic mass is 9.85. The van der Waals surface area contributed by atoms with E-state index >= 15 is 0 Å². The van der Waals surface area contributed by atoms with E-state index in [-0.39, 0.29) is 5.91 Å². The number of hydrogen-bond donors (Lipinski definition) is 1. The molecule has 4 nitrogen and oxygen atoms in total. The fraction of sp³-hybridized carbons (Fsp3) is 0.467. The number of rotatable bonds is 1. The van der Waals surface area contributed by atoms with Crippen molar-refractivity contribution in [3.05, 3.63) is 28.8 Å². The van der Waals surface area contributed by atoms with Crippen LogP contribution in [0, 0.1) is 17.2 Å². The molecule has 0 bridgehead atoms. The van der Waals surface area contributed by atoms with Crippen molar-refractivity contribution in [1.29, 1.82) is 5.26 Å². The van der Waals surface area contributed by atoms with E-state index < -0.39 is 0 Å². The predicted octanol–water partition coefficient (Wildman–Crippen LogP) is 2.32. The molecule has 5 heteroatoms. The highest BCUT2D eigenvalue weighted by atomic mass is 35.5. The monoisotopic (exact) mass is 289 g/mol. The third-order valence-electron chi connectivity index (χ3n) is 4.24. The van der Waals surface area contributed by atoms with Crippen LogP contribution in [0.2, 0.25) is 5.02 Å². The van der Waals surface area contributed by atoms with Crippen LogP contribution >= 0.6 is 11.6 Å². The molecule has 2 saturated heterocycles. The van der Waals surface area contributed by atoms with Gasteiger partial charge in [-0.2, -0.15) is 5.26 Å². The molecular weight excluding hydrogens is 274 g/mol. The number of fused-ring (bicyclic) bond motifs is 1. The van der Waals surface area contributed by atoms with E-state index in [0.717, 1.165) is 31.6 Å². The molecule has 2 heterocycles. The van der Waals surface area contributed by atoms with Crippen LogP contribution < -0.4 is 10.2 Å². The predicted molar refractivity (Wildman–Crippen MR) is 77.7 cm³/mol. The van der Waals surface area contributed by atoms with Crippen molar-refractivity contribution in [1.82, 2.24) is 5.32 Å². The zero-order valence-corrected chi connectivity index (χ0v) is 11.9. The van der Waals surface area contributed by atoms with Crippen LogP contribution in [0.4, 0.5) is 5.69 Å². The van der Waals surface area contributed by atoms with Gasteiger partial charge >= 0.3 is 0 Å². The number of hydrogen-bond acceptors (Lipinski definition) is 3. The first-order chi connectivity index (χ1) is 9.67. The topological polar surface area (TPSA) is 56.1 Å². The van der Waals surface area contributed by atoms with Gasteiger partial charge in [0.15, 0.2) is 0 Å². The Morgan fingerprint density at radius 3 is 3.00 bits per heavy atom. The fourth-order valence-corrected chi connectivity index (χ4v) is 3.46. The number of piperidine rings is 2. The Kier molecular flexibility index (Phi) is 3.54. The fourth-order valence-electron chi connectivity index (χ4n) is 3.16. The maximum atomic E-state index is 11.4. The summed E-state index contributed by atoms with van der Waals surface area (Å²) in [6.45, 7) is 1.80. The molecule has 2 fully saturated rings. The molecule has 3 rings (SSSR count). The van der Waals surface area contributed by atoms with Gasteiger partial charge in [-0.25, -0.2) is 0 Å². The van der Waals surface area contributed by atoms with Gasteiger partial charge in [0.25, 0.3) is 0 Å². The van der Waals surface area contributed by atoms with Crippen LogP contribution in [-0.2, 0) is 4.79 Å². The number of benzene rings is 1. The molecule has 0 radical (unpaired) electrons. The van der Waals surface area contributed by atoms with E-state index in [1.165, 1.54) is 0 Å². The van der Waals surface area contributed by atoms with Gasteiger partial charge in [-0.05, 0) is 37.0 Å². The van der Waals surface area contributed by atoms with Crippen LogP contribution in [0.5, 0.6) is 0 Å². The minimum absolute atomic E-state index is 0.177. The highest BCUT2D eigenvalue weighted by Gasteiger charge is 2.34. The Morgan fingerprint density at radius 2 is 2.25 bits per heavy atom. The van der Waals surface area contributed by atoms with Gasteiger partial charge in [-0.1, -0.05) is 11.6 Å². The summed E-state index contributed by atoms with van der Waals surface area (Å²) >= 11 is 6.28. The van der Waals surface area contributed by atoms with Crippen molar-refractivity contribution in [2.75, 3.05) is 18.0 Å². The standard InChI is InChI=1S/C15H16ClN3O/c16-12-7-10(8-17)1-3-14(12)19-6-5-13-11(9-19)2-4-15(20)18-13/h1,3,7,11,13H,2,4-6,9H2,(H,18,20). The van der Waals surface area contributed by atoms with E-state index in [9.17, 15) is 4.79 Å². The Morgan fingerprint density at radius 1 is 1.40 bits per heavy atom. The lowest BCUT2D eigenvalue weighted by Gasteiger charge is -2.42. The average Bonchev–Trinajstić information content (AvgIpc) is 2.46. The van der Waals surface area contributed by atoms with Gasteiger partial charge in [-0.3, -0.25) is 4.79 Å². The van der Waals surface area contributed by atoms with Gasteiger partial charge < -0.3 is 10.2 Å². The maximum Gasteiger partial charge on any atom is 0.220 e. The van der Waals surface area contributed by atoms with Gasteiger partial charge in [0, 0.05) is 25.6 Å². The molecule has 2 unspecified atom stereocenters. The SMILES string of the molecule is N#Cc1ccc(N2CCC3NC(=O)CCC3C2)c(Cl)c1. The van der Waals surface area contributed by atoms with Gasteiger partial charge in [0.05, 0.1) is 22.3 Å². The largest absolute Gasteiger partial charge is 0.370 e. The van der Waals surface area contributed by atoms with E-state index in [1.54, 1.807) is 12.1 Å². The van der Waals surface area contributed by atoms with Crippen LogP contribution in [0.3, 0.4) is 0 Å². The molecule has 2 aliphatic heterocycles. The molecule has 104 valence electrons. The van der Waals surface area contributed by atoms with Crippen molar-refractivity contribution >= 4 is 23.2 Å². The quantitative estimate of drug-likeness (QED) is 0.863. The molecule has 1 aromatic rings. The molecule has 0 spiro atoms. The number of carbonyl (C=O) groups excluding carboxylic acids is 1. The average molecular weight is 290 g/mol. The molecule has 0 saturated carbocycles. The zero-order valence-electron chi connectivity index (χ0n) is 11.1.